The predicted octanol–water partition coefficient (Wildman–Crippen LogP) is 5.12. The van der Waals surface area contributed by atoms with E-state index in [-0.39, 0.29) is 28.9 Å². The monoisotopic (exact) mass is 463 g/mol. The number of hydrogen-bond donors (Lipinski definition) is 3. The van der Waals surface area contributed by atoms with Crippen LogP contribution >= 0.6 is 0 Å². The third-order valence-corrected chi connectivity index (χ3v) is 5.12. The van der Waals surface area contributed by atoms with Gasteiger partial charge in [-0.3, -0.25) is 9.89 Å². The van der Waals surface area contributed by atoms with Gasteiger partial charge in [-0.25, -0.2) is 8.78 Å². The Morgan fingerprint density at radius 3 is 2.27 bits per heavy atom. The van der Waals surface area contributed by atoms with Gasteiger partial charge in [0.1, 0.15) is 11.6 Å². The van der Waals surface area contributed by atoms with E-state index in [1.54, 1.807) is 0 Å². The van der Waals surface area contributed by atoms with E-state index < -0.39 is 29.3 Å². The van der Waals surface area contributed by atoms with Crippen LogP contribution in [0.5, 0.6) is 0 Å². The first-order chi connectivity index (χ1) is 15.7. The molecule has 0 saturated heterocycles. The molecule has 1 amide bonds. The van der Waals surface area contributed by atoms with Gasteiger partial charge >= 0.3 is 6.18 Å². The Labute approximate surface area is 184 Å². The molecular formula is C22H18F5N5O. The standard InChI is InChI=1S/C22H18F5N5O/c23-15-8-13(9-16(24)10-15)18-11-19(32-31-18)29-21(28-17-2-1-3-17)30-20(33)12-4-6-14(7-5-12)22(25,26)27/h4-11,17H,1-3H2,(H3,28,29,30,31,32,33). The zero-order valence-electron chi connectivity index (χ0n) is 17.0. The van der Waals surface area contributed by atoms with Crippen LogP contribution in [0.15, 0.2) is 53.5 Å². The molecule has 0 unspecified atom stereocenters. The molecule has 11 heteroatoms. The van der Waals surface area contributed by atoms with Gasteiger partial charge in [0, 0.05) is 29.3 Å². The highest BCUT2D eigenvalue weighted by molar-refractivity contribution is 6.06. The second kappa shape index (κ2) is 9.00. The van der Waals surface area contributed by atoms with Gasteiger partial charge in [-0.1, -0.05) is 0 Å². The number of guanidine groups is 1. The lowest BCUT2D eigenvalue weighted by molar-refractivity contribution is -0.137. The average Bonchev–Trinajstić information content (AvgIpc) is 3.18. The number of alkyl halides is 3. The van der Waals surface area contributed by atoms with E-state index >= 15 is 0 Å². The first kappa shape index (κ1) is 22.4. The molecule has 0 radical (unpaired) electrons. The molecule has 0 atom stereocenters. The van der Waals surface area contributed by atoms with Crippen LogP contribution in [0.3, 0.4) is 0 Å². The van der Waals surface area contributed by atoms with Crippen molar-refractivity contribution in [2.45, 2.75) is 31.5 Å². The number of carbonyl (C=O) groups excluding carboxylic acids is 1. The molecule has 1 aliphatic carbocycles. The molecule has 4 rings (SSSR count). The second-order valence-corrected chi connectivity index (χ2v) is 7.56. The molecule has 172 valence electrons. The lowest BCUT2D eigenvalue weighted by atomic mass is 9.93. The molecule has 1 aromatic heterocycles. The van der Waals surface area contributed by atoms with Gasteiger partial charge in [0.25, 0.3) is 5.91 Å². The number of aliphatic imine (C=N–C) groups is 1. The van der Waals surface area contributed by atoms with E-state index in [9.17, 15) is 26.7 Å². The molecule has 6 nitrogen and oxygen atoms in total. The summed E-state index contributed by atoms with van der Waals surface area (Å²) < 4.78 is 65.2. The number of hydrogen-bond acceptors (Lipinski definition) is 2. The van der Waals surface area contributed by atoms with Crippen molar-refractivity contribution in [3.8, 4) is 11.3 Å². The van der Waals surface area contributed by atoms with Gasteiger partial charge in [-0.15, -0.1) is 0 Å². The van der Waals surface area contributed by atoms with E-state index in [0.29, 0.717) is 5.69 Å². The quantitative estimate of drug-likeness (QED) is 0.285. The summed E-state index contributed by atoms with van der Waals surface area (Å²) in [6.45, 7) is 0. The van der Waals surface area contributed by atoms with Crippen LogP contribution < -0.4 is 10.6 Å². The van der Waals surface area contributed by atoms with Crippen LogP contribution in [0.25, 0.3) is 11.3 Å². The largest absolute Gasteiger partial charge is 0.416 e. The molecule has 0 aliphatic heterocycles. The number of carbonyl (C=O) groups is 1. The molecule has 3 aromatic rings. The lowest BCUT2D eigenvalue weighted by Crippen LogP contribution is -2.43. The fourth-order valence-corrected chi connectivity index (χ4v) is 3.17. The van der Waals surface area contributed by atoms with Crippen molar-refractivity contribution in [2.75, 3.05) is 5.32 Å². The van der Waals surface area contributed by atoms with Gasteiger partial charge in [0.05, 0.1) is 11.3 Å². The summed E-state index contributed by atoms with van der Waals surface area (Å²) in [5.41, 5.74) is -0.324. The van der Waals surface area contributed by atoms with Crippen LogP contribution in [0, 0.1) is 11.6 Å². The topological polar surface area (TPSA) is 82.2 Å². The average molecular weight is 463 g/mol. The van der Waals surface area contributed by atoms with Crippen molar-refractivity contribution in [1.29, 1.82) is 0 Å². The molecule has 0 bridgehead atoms. The van der Waals surface area contributed by atoms with Crippen LogP contribution in [-0.4, -0.2) is 28.1 Å². The highest BCUT2D eigenvalue weighted by Crippen LogP contribution is 2.29. The fourth-order valence-electron chi connectivity index (χ4n) is 3.17. The third-order valence-electron chi connectivity index (χ3n) is 5.12. The van der Waals surface area contributed by atoms with E-state index in [4.69, 9.17) is 0 Å². The molecule has 2 aromatic carbocycles. The maximum atomic E-state index is 13.5. The third kappa shape index (κ3) is 5.54. The Kier molecular flexibility index (Phi) is 6.12. The molecule has 1 heterocycles. The molecule has 1 aliphatic rings. The van der Waals surface area contributed by atoms with E-state index in [0.717, 1.165) is 61.7 Å². The van der Waals surface area contributed by atoms with Crippen molar-refractivity contribution < 1.29 is 26.7 Å². The highest BCUT2D eigenvalue weighted by Gasteiger charge is 2.30. The molecule has 3 N–H and O–H groups in total. The van der Waals surface area contributed by atoms with Gasteiger partial charge in [-0.05, 0) is 55.7 Å². The summed E-state index contributed by atoms with van der Waals surface area (Å²) in [5.74, 6) is -1.95. The van der Waals surface area contributed by atoms with Crippen LogP contribution in [0.1, 0.15) is 35.2 Å². The summed E-state index contributed by atoms with van der Waals surface area (Å²) >= 11 is 0. The summed E-state index contributed by atoms with van der Waals surface area (Å²) in [4.78, 5) is 16.5. The number of rotatable bonds is 4. The number of amides is 1. The Hall–Kier alpha value is -3.76. The number of halogens is 5. The minimum Gasteiger partial charge on any atom is -0.353 e. The van der Waals surface area contributed by atoms with Gasteiger partial charge < -0.3 is 10.6 Å². The van der Waals surface area contributed by atoms with E-state index in [1.807, 2.05) is 0 Å². The Morgan fingerprint density at radius 1 is 1.03 bits per heavy atom. The number of nitrogens with zero attached hydrogens (tertiary/aromatic N) is 2. The maximum absolute atomic E-state index is 13.5. The summed E-state index contributed by atoms with van der Waals surface area (Å²) in [6, 6.07) is 8.31. The lowest BCUT2D eigenvalue weighted by Gasteiger charge is -2.27. The first-order valence-electron chi connectivity index (χ1n) is 10.0. The normalized spacial score (nSPS) is 14.6. The molecular weight excluding hydrogens is 445 g/mol. The Bertz CT molecular complexity index is 1160. The summed E-state index contributed by atoms with van der Waals surface area (Å²) in [5, 5.41) is 12.6. The molecule has 33 heavy (non-hydrogen) atoms. The highest BCUT2D eigenvalue weighted by atomic mass is 19.4. The van der Waals surface area contributed by atoms with Crippen molar-refractivity contribution in [3.63, 3.8) is 0 Å². The predicted molar refractivity (Wildman–Crippen MR) is 112 cm³/mol. The zero-order valence-corrected chi connectivity index (χ0v) is 17.0. The summed E-state index contributed by atoms with van der Waals surface area (Å²) in [6.07, 6.45) is -1.77. The maximum Gasteiger partial charge on any atom is 0.416 e. The second-order valence-electron chi connectivity index (χ2n) is 7.56. The van der Waals surface area contributed by atoms with Crippen molar-refractivity contribution in [2.24, 2.45) is 4.99 Å². The Morgan fingerprint density at radius 2 is 1.70 bits per heavy atom. The van der Waals surface area contributed by atoms with Crippen LogP contribution in [0.2, 0.25) is 0 Å². The van der Waals surface area contributed by atoms with Crippen LogP contribution in [-0.2, 0) is 6.18 Å². The number of anilines is 1. The zero-order chi connectivity index (χ0) is 23.6. The summed E-state index contributed by atoms with van der Waals surface area (Å²) in [7, 11) is 0. The number of nitrogens with one attached hydrogen (secondary N) is 3. The number of benzene rings is 2. The number of H-pyrrole nitrogens is 1. The number of aromatic nitrogens is 2. The van der Waals surface area contributed by atoms with Crippen molar-refractivity contribution in [1.82, 2.24) is 15.5 Å². The number of aromatic amines is 1. The van der Waals surface area contributed by atoms with Crippen LogP contribution in [0.4, 0.5) is 27.8 Å². The first-order valence-corrected chi connectivity index (χ1v) is 10.0. The SMILES string of the molecule is O=C(/N=C(\Nc1cc(-c2cc(F)cc(F)c2)[nH]n1)NC1CCC1)c1ccc(C(F)(F)F)cc1. The van der Waals surface area contributed by atoms with E-state index in [2.05, 4.69) is 25.8 Å². The van der Waals surface area contributed by atoms with E-state index in [1.165, 1.54) is 6.07 Å². The molecule has 1 saturated carbocycles. The fraction of sp³-hybridized carbons (Fsp3) is 0.227. The van der Waals surface area contributed by atoms with Gasteiger partial charge in [0.15, 0.2) is 5.82 Å². The molecule has 1 fully saturated rings. The smallest absolute Gasteiger partial charge is 0.353 e. The van der Waals surface area contributed by atoms with Crippen molar-refractivity contribution in [3.05, 3.63) is 71.3 Å². The van der Waals surface area contributed by atoms with Gasteiger partial charge in [0.2, 0.25) is 5.96 Å². The minimum absolute atomic E-state index is 0.0179. The molecule has 0 spiro atoms. The Balaban J connectivity index is 1.54. The van der Waals surface area contributed by atoms with Gasteiger partial charge in [-0.2, -0.15) is 23.3 Å². The van der Waals surface area contributed by atoms with Crippen molar-refractivity contribution >= 4 is 17.7 Å². The minimum atomic E-state index is -4.51.